The topological polar surface area (TPSA) is 63.7 Å². The zero-order chi connectivity index (χ0) is 18.7. The summed E-state index contributed by atoms with van der Waals surface area (Å²) in [5.74, 6) is -1.95. The van der Waals surface area contributed by atoms with E-state index in [1.807, 2.05) is 30.3 Å². The molecule has 0 unspecified atom stereocenters. The van der Waals surface area contributed by atoms with Crippen LogP contribution in [0.3, 0.4) is 0 Å². The molecule has 0 aromatic heterocycles. The zero-order valence-corrected chi connectivity index (χ0v) is 15.6. The van der Waals surface area contributed by atoms with Crippen LogP contribution >= 0.6 is 0 Å². The van der Waals surface area contributed by atoms with E-state index in [9.17, 15) is 17.6 Å². The maximum absolute atomic E-state index is 14.1. The quantitative estimate of drug-likeness (QED) is 0.817. The molecule has 0 saturated carbocycles. The van der Waals surface area contributed by atoms with Gasteiger partial charge in [0, 0.05) is 19.0 Å². The molecule has 1 aromatic rings. The van der Waals surface area contributed by atoms with Crippen LogP contribution in [0.2, 0.25) is 0 Å². The Morgan fingerprint density at radius 2 is 1.92 bits per heavy atom. The predicted molar refractivity (Wildman–Crippen MR) is 94.4 cm³/mol. The van der Waals surface area contributed by atoms with E-state index in [0.717, 1.165) is 11.6 Å². The van der Waals surface area contributed by atoms with Crippen molar-refractivity contribution < 1.29 is 22.3 Å². The summed E-state index contributed by atoms with van der Waals surface area (Å²) < 4.78 is 43.1. The molecule has 0 aliphatic carbocycles. The van der Waals surface area contributed by atoms with Crippen molar-refractivity contribution in [1.82, 2.24) is 4.90 Å². The Labute approximate surface area is 148 Å². The monoisotopic (exact) mass is 369 g/mol. The SMILES string of the molecule is CC(C)(C)OC(=O)N(Cc1ccccc1)C[C@@H]1CS(=O)(=O)CC=C1F. The van der Waals surface area contributed by atoms with E-state index in [1.165, 1.54) is 4.90 Å². The van der Waals surface area contributed by atoms with Gasteiger partial charge in [-0.15, -0.1) is 0 Å². The van der Waals surface area contributed by atoms with Crippen molar-refractivity contribution in [3.05, 3.63) is 47.8 Å². The van der Waals surface area contributed by atoms with Crippen molar-refractivity contribution in [3.63, 3.8) is 0 Å². The van der Waals surface area contributed by atoms with Crippen molar-refractivity contribution in [2.75, 3.05) is 18.1 Å². The van der Waals surface area contributed by atoms with Crippen molar-refractivity contribution >= 4 is 15.9 Å². The van der Waals surface area contributed by atoms with Crippen LogP contribution in [0, 0.1) is 5.92 Å². The molecule has 0 fully saturated rings. The lowest BCUT2D eigenvalue weighted by molar-refractivity contribution is 0.0211. The fourth-order valence-electron chi connectivity index (χ4n) is 2.57. The van der Waals surface area contributed by atoms with Crippen LogP contribution in [-0.4, -0.2) is 43.1 Å². The minimum atomic E-state index is -3.34. The number of rotatable bonds is 4. The van der Waals surface area contributed by atoms with Gasteiger partial charge in [0.25, 0.3) is 0 Å². The van der Waals surface area contributed by atoms with E-state index in [-0.39, 0.29) is 24.6 Å². The molecule has 1 aromatic carbocycles. The second-order valence-corrected chi connectivity index (χ2v) is 9.36. The Hall–Kier alpha value is -1.89. The first-order valence-electron chi connectivity index (χ1n) is 8.13. The van der Waals surface area contributed by atoms with Crippen LogP contribution in [0.1, 0.15) is 26.3 Å². The lowest BCUT2D eigenvalue weighted by atomic mass is 10.1. The Kier molecular flexibility index (Phi) is 5.87. The lowest BCUT2D eigenvalue weighted by Crippen LogP contribution is -2.41. The normalized spacial score (nSPS) is 19.8. The summed E-state index contributed by atoms with van der Waals surface area (Å²) in [6, 6.07) is 9.24. The highest BCUT2D eigenvalue weighted by atomic mass is 32.2. The van der Waals surface area contributed by atoms with Crippen molar-refractivity contribution in [2.24, 2.45) is 5.92 Å². The highest BCUT2D eigenvalue weighted by molar-refractivity contribution is 7.91. The summed E-state index contributed by atoms with van der Waals surface area (Å²) in [7, 11) is -3.34. The molecule has 25 heavy (non-hydrogen) atoms. The molecule has 138 valence electrons. The van der Waals surface area contributed by atoms with Gasteiger partial charge in [-0.1, -0.05) is 30.3 Å². The van der Waals surface area contributed by atoms with E-state index in [4.69, 9.17) is 4.74 Å². The molecule has 1 heterocycles. The average Bonchev–Trinajstić information content (AvgIpc) is 2.49. The Bertz CT molecular complexity index is 738. The summed E-state index contributed by atoms with van der Waals surface area (Å²) >= 11 is 0. The van der Waals surface area contributed by atoms with Gasteiger partial charge in [0.1, 0.15) is 11.4 Å². The average molecular weight is 369 g/mol. The van der Waals surface area contributed by atoms with Gasteiger partial charge < -0.3 is 9.64 Å². The van der Waals surface area contributed by atoms with Crippen LogP contribution < -0.4 is 0 Å². The van der Waals surface area contributed by atoms with Gasteiger partial charge in [0.15, 0.2) is 9.84 Å². The Balaban J connectivity index is 2.20. The standard InChI is InChI=1S/C18H24FNO4S/c1-18(2,3)24-17(21)20(11-14-7-5-4-6-8-14)12-15-13-25(22,23)10-9-16(15)19/h4-9,15H,10-13H2,1-3H3/t15-/m1/s1. The highest BCUT2D eigenvalue weighted by Crippen LogP contribution is 2.24. The minimum absolute atomic E-state index is 0.0502. The van der Waals surface area contributed by atoms with Crippen molar-refractivity contribution in [1.29, 1.82) is 0 Å². The molecule has 0 spiro atoms. The van der Waals surface area contributed by atoms with Crippen LogP contribution in [0.15, 0.2) is 42.2 Å². The first-order chi connectivity index (χ1) is 11.6. The summed E-state index contributed by atoms with van der Waals surface area (Å²) in [4.78, 5) is 13.9. The molecule has 1 amide bonds. The Morgan fingerprint density at radius 1 is 1.28 bits per heavy atom. The van der Waals surface area contributed by atoms with E-state index in [0.29, 0.717) is 0 Å². The number of hydrogen-bond donors (Lipinski definition) is 0. The number of hydrogen-bond acceptors (Lipinski definition) is 4. The van der Waals surface area contributed by atoms with E-state index in [2.05, 4.69) is 0 Å². The van der Waals surface area contributed by atoms with Gasteiger partial charge in [-0.25, -0.2) is 17.6 Å². The fourth-order valence-corrected chi connectivity index (χ4v) is 3.99. The zero-order valence-electron chi connectivity index (χ0n) is 14.7. The third-order valence-corrected chi connectivity index (χ3v) is 5.27. The van der Waals surface area contributed by atoms with Crippen LogP contribution in [-0.2, 0) is 21.1 Å². The molecule has 0 saturated heterocycles. The molecule has 1 aliphatic heterocycles. The molecule has 0 bridgehead atoms. The Morgan fingerprint density at radius 3 is 2.52 bits per heavy atom. The van der Waals surface area contributed by atoms with Gasteiger partial charge in [0.05, 0.1) is 11.5 Å². The first-order valence-corrected chi connectivity index (χ1v) is 9.96. The van der Waals surface area contributed by atoms with Gasteiger partial charge in [0.2, 0.25) is 0 Å². The number of sulfone groups is 1. The van der Waals surface area contributed by atoms with Crippen LogP contribution in [0.25, 0.3) is 0 Å². The summed E-state index contributed by atoms with van der Waals surface area (Å²) in [6.07, 6.45) is 0.492. The molecule has 1 atom stereocenters. The maximum Gasteiger partial charge on any atom is 0.410 e. The third-order valence-electron chi connectivity index (χ3n) is 3.69. The summed E-state index contributed by atoms with van der Waals surface area (Å²) in [5.41, 5.74) is 0.162. The van der Waals surface area contributed by atoms with Crippen LogP contribution in [0.5, 0.6) is 0 Å². The second-order valence-electron chi connectivity index (χ2n) is 7.21. The number of nitrogens with zero attached hydrogens (tertiary/aromatic N) is 1. The maximum atomic E-state index is 14.1. The minimum Gasteiger partial charge on any atom is -0.444 e. The number of benzene rings is 1. The van der Waals surface area contributed by atoms with Gasteiger partial charge in [-0.05, 0) is 32.4 Å². The van der Waals surface area contributed by atoms with Gasteiger partial charge in [-0.2, -0.15) is 0 Å². The van der Waals surface area contributed by atoms with E-state index >= 15 is 0 Å². The number of carbonyl (C=O) groups excluding carboxylic acids is 1. The second kappa shape index (κ2) is 7.56. The highest BCUT2D eigenvalue weighted by Gasteiger charge is 2.32. The molecule has 2 rings (SSSR count). The van der Waals surface area contributed by atoms with Gasteiger partial charge >= 0.3 is 6.09 Å². The first kappa shape index (κ1) is 19.4. The number of halogens is 1. The fraction of sp³-hybridized carbons (Fsp3) is 0.500. The number of amides is 1. The molecule has 0 N–H and O–H groups in total. The largest absolute Gasteiger partial charge is 0.444 e. The number of ether oxygens (including phenoxy) is 1. The van der Waals surface area contributed by atoms with Crippen LogP contribution in [0.4, 0.5) is 9.18 Å². The number of carbonyl (C=O) groups is 1. The molecule has 5 nitrogen and oxygen atoms in total. The van der Waals surface area contributed by atoms with E-state index in [1.54, 1.807) is 20.8 Å². The smallest absolute Gasteiger partial charge is 0.410 e. The molecule has 7 heteroatoms. The molecule has 0 radical (unpaired) electrons. The molecular formula is C18H24FNO4S. The molecule has 1 aliphatic rings. The molecular weight excluding hydrogens is 345 g/mol. The lowest BCUT2D eigenvalue weighted by Gasteiger charge is -2.30. The third kappa shape index (κ3) is 6.16. The van der Waals surface area contributed by atoms with Gasteiger partial charge in [-0.3, -0.25) is 0 Å². The predicted octanol–water partition coefficient (Wildman–Crippen LogP) is 3.32. The van der Waals surface area contributed by atoms with E-state index < -0.39 is 33.3 Å². The summed E-state index contributed by atoms with van der Waals surface area (Å²) in [6.45, 7) is 5.41. The summed E-state index contributed by atoms with van der Waals surface area (Å²) in [5, 5.41) is 0. The van der Waals surface area contributed by atoms with Crippen molar-refractivity contribution in [2.45, 2.75) is 32.9 Å². The van der Waals surface area contributed by atoms with Crippen molar-refractivity contribution in [3.8, 4) is 0 Å².